The first kappa shape index (κ1) is 22.2. The lowest BCUT2D eigenvalue weighted by Gasteiger charge is -2.15. The molecule has 3 aromatic carbocycles. The van der Waals surface area contributed by atoms with Crippen LogP contribution in [0.2, 0.25) is 0 Å². The Morgan fingerprint density at radius 3 is 2.00 bits per heavy atom. The topological polar surface area (TPSA) is 113 Å². The normalized spacial score (nSPS) is 11.2. The van der Waals surface area contributed by atoms with Gasteiger partial charge in [-0.05, 0) is 73.5 Å². The average molecular weight is 462 g/mol. The maximum atomic E-state index is 13.1. The Morgan fingerprint density at radius 2 is 1.39 bits per heavy atom. The first-order valence-electron chi connectivity index (χ1n) is 10.2. The van der Waals surface area contributed by atoms with E-state index in [1.807, 2.05) is 50.2 Å². The van der Waals surface area contributed by atoms with Crippen LogP contribution in [0.15, 0.2) is 71.6 Å². The standard InChI is InChI=1S/C24H23N5O3S/c1-15-8-9-19(14-16(15)2)26-23-24(28-22-7-5-4-6-21(22)27-23)29-33(31,32)20-12-10-18(11-13-20)25-17(3)30/h4-14H,1-3H3,(H,25,30)(H,26,27)(H,28,29). The van der Waals surface area contributed by atoms with E-state index in [0.717, 1.165) is 16.8 Å². The van der Waals surface area contributed by atoms with Gasteiger partial charge in [0.05, 0.1) is 15.9 Å². The van der Waals surface area contributed by atoms with Crippen LogP contribution in [0, 0.1) is 13.8 Å². The first-order chi connectivity index (χ1) is 15.7. The zero-order valence-electron chi connectivity index (χ0n) is 18.4. The zero-order chi connectivity index (χ0) is 23.6. The number of hydrogen-bond donors (Lipinski definition) is 3. The molecule has 1 heterocycles. The summed E-state index contributed by atoms with van der Waals surface area (Å²) in [6, 6.07) is 19.0. The molecular weight excluding hydrogens is 438 g/mol. The van der Waals surface area contributed by atoms with Gasteiger partial charge in [0.25, 0.3) is 10.0 Å². The lowest BCUT2D eigenvalue weighted by Crippen LogP contribution is -2.16. The van der Waals surface area contributed by atoms with E-state index in [-0.39, 0.29) is 22.4 Å². The highest BCUT2D eigenvalue weighted by atomic mass is 32.2. The number of aromatic nitrogens is 2. The molecule has 168 valence electrons. The molecule has 8 nitrogen and oxygen atoms in total. The van der Waals surface area contributed by atoms with Crippen molar-refractivity contribution in [3.05, 3.63) is 77.9 Å². The third kappa shape index (κ3) is 5.09. The number of nitrogens with zero attached hydrogens (tertiary/aromatic N) is 2. The number of anilines is 4. The number of aryl methyl sites for hydroxylation is 2. The molecule has 0 radical (unpaired) electrons. The van der Waals surface area contributed by atoms with Gasteiger partial charge in [-0.2, -0.15) is 0 Å². The summed E-state index contributed by atoms with van der Waals surface area (Å²) in [5.41, 5.74) is 4.70. The molecule has 33 heavy (non-hydrogen) atoms. The molecule has 3 N–H and O–H groups in total. The predicted molar refractivity (Wildman–Crippen MR) is 130 cm³/mol. The summed E-state index contributed by atoms with van der Waals surface area (Å²) in [7, 11) is -3.96. The number of rotatable bonds is 6. The molecule has 0 bridgehead atoms. The van der Waals surface area contributed by atoms with Gasteiger partial charge < -0.3 is 10.6 Å². The van der Waals surface area contributed by atoms with Crippen molar-refractivity contribution in [3.8, 4) is 0 Å². The van der Waals surface area contributed by atoms with Gasteiger partial charge >= 0.3 is 0 Å². The van der Waals surface area contributed by atoms with Crippen LogP contribution in [-0.4, -0.2) is 24.3 Å². The van der Waals surface area contributed by atoms with Crippen molar-refractivity contribution in [2.24, 2.45) is 0 Å². The minimum atomic E-state index is -3.96. The average Bonchev–Trinajstić information content (AvgIpc) is 2.76. The van der Waals surface area contributed by atoms with Gasteiger partial charge in [-0.3, -0.25) is 9.52 Å². The smallest absolute Gasteiger partial charge is 0.263 e. The molecule has 0 saturated heterocycles. The maximum absolute atomic E-state index is 13.1. The van der Waals surface area contributed by atoms with E-state index in [4.69, 9.17) is 0 Å². The van der Waals surface area contributed by atoms with Crippen LogP contribution >= 0.6 is 0 Å². The van der Waals surface area contributed by atoms with Gasteiger partial charge in [0.15, 0.2) is 11.6 Å². The Hall–Kier alpha value is -3.98. The number of hydrogen-bond acceptors (Lipinski definition) is 6. The molecule has 0 aliphatic rings. The van der Waals surface area contributed by atoms with E-state index in [1.165, 1.54) is 31.2 Å². The molecule has 0 spiro atoms. The summed E-state index contributed by atoms with van der Waals surface area (Å²) in [4.78, 5) is 20.3. The summed E-state index contributed by atoms with van der Waals surface area (Å²) >= 11 is 0. The number of nitrogens with one attached hydrogen (secondary N) is 3. The van der Waals surface area contributed by atoms with Gasteiger partial charge in [0.2, 0.25) is 5.91 Å². The number of benzene rings is 3. The monoisotopic (exact) mass is 461 g/mol. The Labute approximate surface area is 192 Å². The fraction of sp³-hybridized carbons (Fsp3) is 0.125. The van der Waals surface area contributed by atoms with Crippen molar-refractivity contribution in [2.75, 3.05) is 15.4 Å². The molecule has 0 aliphatic carbocycles. The van der Waals surface area contributed by atoms with Gasteiger partial charge in [-0.15, -0.1) is 0 Å². The van der Waals surface area contributed by atoms with Crippen LogP contribution in [0.4, 0.5) is 23.0 Å². The van der Waals surface area contributed by atoms with Crippen LogP contribution < -0.4 is 15.4 Å². The third-order valence-electron chi connectivity index (χ3n) is 5.06. The highest BCUT2D eigenvalue weighted by Crippen LogP contribution is 2.28. The van der Waals surface area contributed by atoms with Crippen LogP contribution in [0.25, 0.3) is 11.0 Å². The van der Waals surface area contributed by atoms with Gasteiger partial charge in [-0.25, -0.2) is 18.4 Å². The second-order valence-corrected chi connectivity index (χ2v) is 9.33. The largest absolute Gasteiger partial charge is 0.337 e. The van der Waals surface area contributed by atoms with E-state index < -0.39 is 10.0 Å². The molecule has 1 aromatic heterocycles. The highest BCUT2D eigenvalue weighted by molar-refractivity contribution is 7.92. The van der Waals surface area contributed by atoms with Crippen molar-refractivity contribution in [2.45, 2.75) is 25.7 Å². The third-order valence-corrected chi connectivity index (χ3v) is 6.41. The number of fused-ring (bicyclic) bond motifs is 1. The van der Waals surface area contributed by atoms with Crippen molar-refractivity contribution < 1.29 is 13.2 Å². The molecule has 9 heteroatoms. The molecule has 0 fully saturated rings. The van der Waals surface area contributed by atoms with Crippen LogP contribution in [-0.2, 0) is 14.8 Å². The van der Waals surface area contributed by atoms with Crippen molar-refractivity contribution >= 4 is 50.0 Å². The predicted octanol–water partition coefficient (Wildman–Crippen LogP) is 4.75. The second kappa shape index (κ2) is 8.87. The van der Waals surface area contributed by atoms with Gasteiger partial charge in [-0.1, -0.05) is 18.2 Å². The van der Waals surface area contributed by atoms with Crippen molar-refractivity contribution in [3.63, 3.8) is 0 Å². The molecule has 0 saturated carbocycles. The van der Waals surface area contributed by atoms with Gasteiger partial charge in [0, 0.05) is 18.3 Å². The van der Waals surface area contributed by atoms with Crippen molar-refractivity contribution in [1.29, 1.82) is 0 Å². The number of sulfonamides is 1. The van der Waals surface area contributed by atoms with Gasteiger partial charge in [0.1, 0.15) is 0 Å². The Kier molecular flexibility index (Phi) is 5.97. The van der Waals surface area contributed by atoms with Crippen LogP contribution in [0.5, 0.6) is 0 Å². The zero-order valence-corrected chi connectivity index (χ0v) is 19.2. The van der Waals surface area contributed by atoms with Crippen molar-refractivity contribution in [1.82, 2.24) is 9.97 Å². The highest BCUT2D eigenvalue weighted by Gasteiger charge is 2.19. The Balaban J connectivity index is 1.71. The summed E-state index contributed by atoms with van der Waals surface area (Å²) in [5, 5.41) is 5.80. The van der Waals surface area contributed by atoms with E-state index in [9.17, 15) is 13.2 Å². The minimum absolute atomic E-state index is 0.0312. The van der Waals surface area contributed by atoms with Crippen LogP contribution in [0.3, 0.4) is 0 Å². The number of carbonyl (C=O) groups is 1. The molecule has 0 atom stereocenters. The molecule has 4 aromatic rings. The fourth-order valence-corrected chi connectivity index (χ4v) is 4.23. The summed E-state index contributed by atoms with van der Waals surface area (Å²) in [6.07, 6.45) is 0. The fourth-order valence-electron chi connectivity index (χ4n) is 3.22. The van der Waals surface area contributed by atoms with E-state index in [2.05, 4.69) is 25.3 Å². The van der Waals surface area contributed by atoms with E-state index >= 15 is 0 Å². The number of para-hydroxylation sites is 2. The Morgan fingerprint density at radius 1 is 0.788 bits per heavy atom. The molecular formula is C24H23N5O3S. The summed E-state index contributed by atoms with van der Waals surface area (Å²) in [6.45, 7) is 5.40. The quantitative estimate of drug-likeness (QED) is 0.382. The van der Waals surface area contributed by atoms with Crippen LogP contribution in [0.1, 0.15) is 18.1 Å². The van der Waals surface area contributed by atoms with E-state index in [1.54, 1.807) is 6.07 Å². The molecule has 1 amide bonds. The lowest BCUT2D eigenvalue weighted by molar-refractivity contribution is -0.114. The minimum Gasteiger partial charge on any atom is -0.337 e. The Bertz CT molecular complexity index is 1450. The SMILES string of the molecule is CC(=O)Nc1ccc(S(=O)(=O)Nc2nc3ccccc3nc2Nc2ccc(C)c(C)c2)cc1. The number of amides is 1. The molecule has 0 aliphatic heterocycles. The lowest BCUT2D eigenvalue weighted by atomic mass is 10.1. The maximum Gasteiger partial charge on any atom is 0.263 e. The summed E-state index contributed by atoms with van der Waals surface area (Å²) < 4.78 is 28.7. The second-order valence-electron chi connectivity index (χ2n) is 7.64. The number of carbonyl (C=O) groups excluding carboxylic acids is 1. The van der Waals surface area contributed by atoms with E-state index in [0.29, 0.717) is 16.7 Å². The first-order valence-corrected chi connectivity index (χ1v) is 11.7. The summed E-state index contributed by atoms with van der Waals surface area (Å²) in [5.74, 6) is 0.130. The molecule has 0 unspecified atom stereocenters. The molecule has 4 rings (SSSR count).